The lowest BCUT2D eigenvalue weighted by atomic mass is 9.34. The lowest BCUT2D eigenvalue weighted by Gasteiger charge is -2.70. The molecule has 6 atom stereocenters. The van der Waals surface area contributed by atoms with Gasteiger partial charge in [0, 0.05) is 11.0 Å². The lowest BCUT2D eigenvalue weighted by Crippen LogP contribution is -2.66. The van der Waals surface area contributed by atoms with E-state index in [-0.39, 0.29) is 33.2 Å². The molecule has 1 saturated heterocycles. The quantitative estimate of drug-likeness (QED) is 0.446. The van der Waals surface area contributed by atoms with Crippen molar-refractivity contribution < 1.29 is 19.8 Å². The van der Waals surface area contributed by atoms with Crippen LogP contribution in [0.5, 0.6) is 0 Å². The molecule has 0 bridgehead atoms. The van der Waals surface area contributed by atoms with Gasteiger partial charge in [0.1, 0.15) is 5.54 Å². The number of nitrogens with zero attached hydrogens (tertiary/aromatic N) is 1. The summed E-state index contributed by atoms with van der Waals surface area (Å²) in [5.74, 6) is -0.714. The highest BCUT2D eigenvalue weighted by atomic mass is 16.4. The van der Waals surface area contributed by atoms with Gasteiger partial charge in [-0.2, -0.15) is 0 Å². The minimum absolute atomic E-state index is 0.0240. The summed E-state index contributed by atoms with van der Waals surface area (Å²) in [5.41, 5.74) is 3.19. The molecule has 0 aromatic carbocycles. The molecule has 0 aromatic rings. The van der Waals surface area contributed by atoms with E-state index in [2.05, 4.69) is 44.7 Å². The van der Waals surface area contributed by atoms with Gasteiger partial charge >= 0.3 is 5.97 Å². The Balaban J connectivity index is 1.46. The Morgan fingerprint density at radius 3 is 2.32 bits per heavy atom. The van der Waals surface area contributed by atoms with Crippen molar-refractivity contribution in [1.82, 2.24) is 4.90 Å². The Morgan fingerprint density at radius 2 is 1.65 bits per heavy atom. The predicted molar refractivity (Wildman–Crippen MR) is 144 cm³/mol. The molecule has 6 aliphatic rings. The Morgan fingerprint density at radius 1 is 0.973 bits per heavy atom. The van der Waals surface area contributed by atoms with Crippen LogP contribution in [0.1, 0.15) is 92.4 Å². The van der Waals surface area contributed by atoms with Crippen molar-refractivity contribution in [3.8, 4) is 0 Å². The van der Waals surface area contributed by atoms with Crippen molar-refractivity contribution in [2.24, 2.45) is 27.6 Å². The molecule has 0 aromatic heterocycles. The van der Waals surface area contributed by atoms with Crippen LogP contribution in [-0.4, -0.2) is 45.5 Å². The molecule has 5 nitrogen and oxygen atoms in total. The molecule has 4 fully saturated rings. The van der Waals surface area contributed by atoms with E-state index in [1.54, 1.807) is 6.08 Å². The third-order valence-electron chi connectivity index (χ3n) is 12.7. The van der Waals surface area contributed by atoms with Gasteiger partial charge < -0.3 is 10.2 Å². The molecule has 0 spiro atoms. The molecule has 6 rings (SSSR count). The third-order valence-corrected chi connectivity index (χ3v) is 12.7. The summed E-state index contributed by atoms with van der Waals surface area (Å²) < 4.78 is 0. The molecule has 1 aliphatic heterocycles. The van der Waals surface area contributed by atoms with Crippen LogP contribution in [0.4, 0.5) is 0 Å². The topological polar surface area (TPSA) is 77.8 Å². The monoisotopic (exact) mass is 505 g/mol. The Kier molecular flexibility index (Phi) is 5.24. The van der Waals surface area contributed by atoms with Crippen LogP contribution in [0.3, 0.4) is 0 Å². The number of hydrogen-bond acceptors (Lipinski definition) is 4. The van der Waals surface area contributed by atoms with Crippen LogP contribution in [0.2, 0.25) is 0 Å². The maximum Gasteiger partial charge on any atom is 0.324 e. The number of carboxylic acids is 1. The van der Waals surface area contributed by atoms with Crippen LogP contribution in [0.15, 0.2) is 46.3 Å². The standard InChI is InChI=1S/C32H43NO4/c1-20-21-8-9-24-29(3,22(21)18-23(34)26(20)35)12-14-31(5)25-19-32(27(36)37,33-16-6-7-17-33)15-11-28(25,2)10-13-30(24,31)4/h8-9,18,25,35H,6-7,10-17,19H2,1-5H3,(H,36,37)/t25-,28+,29+,30-,31+,32+/m1/s1. The number of carboxylic acid groups (broad SMARTS) is 1. The van der Waals surface area contributed by atoms with Crippen LogP contribution in [0.25, 0.3) is 0 Å². The zero-order valence-electron chi connectivity index (χ0n) is 23.2. The average molecular weight is 506 g/mol. The highest BCUT2D eigenvalue weighted by Crippen LogP contribution is 2.75. The summed E-state index contributed by atoms with van der Waals surface area (Å²) in [4.78, 5) is 28.0. The third kappa shape index (κ3) is 3.01. The summed E-state index contributed by atoms with van der Waals surface area (Å²) >= 11 is 0. The van der Waals surface area contributed by atoms with E-state index in [1.165, 1.54) is 5.57 Å². The van der Waals surface area contributed by atoms with E-state index in [0.29, 0.717) is 11.5 Å². The molecule has 5 heteroatoms. The summed E-state index contributed by atoms with van der Waals surface area (Å²) in [6.45, 7) is 13.3. The second-order valence-corrected chi connectivity index (χ2v) is 14.1. The Labute approximate surface area is 221 Å². The maximum atomic E-state index is 13.0. The van der Waals surface area contributed by atoms with Gasteiger partial charge in [-0.25, -0.2) is 0 Å². The molecule has 3 saturated carbocycles. The second-order valence-electron chi connectivity index (χ2n) is 14.1. The second kappa shape index (κ2) is 7.71. The predicted octanol–water partition coefficient (Wildman–Crippen LogP) is 6.53. The van der Waals surface area contributed by atoms with Crippen molar-refractivity contribution in [3.63, 3.8) is 0 Å². The van der Waals surface area contributed by atoms with Crippen LogP contribution in [-0.2, 0) is 9.59 Å². The number of ketones is 1. The van der Waals surface area contributed by atoms with E-state index in [4.69, 9.17) is 0 Å². The van der Waals surface area contributed by atoms with Gasteiger partial charge in [-0.05, 0) is 117 Å². The maximum absolute atomic E-state index is 13.0. The van der Waals surface area contributed by atoms with Gasteiger partial charge in [-0.15, -0.1) is 0 Å². The minimum Gasteiger partial charge on any atom is -0.504 e. The molecule has 2 N–H and O–H groups in total. The Hall–Kier alpha value is -2.14. The van der Waals surface area contributed by atoms with Crippen LogP contribution in [0, 0.1) is 27.6 Å². The molecule has 0 amide bonds. The van der Waals surface area contributed by atoms with E-state index in [0.717, 1.165) is 82.0 Å². The molecular formula is C32H43NO4. The zero-order valence-corrected chi connectivity index (χ0v) is 23.2. The first-order chi connectivity index (χ1) is 17.3. The lowest BCUT2D eigenvalue weighted by molar-refractivity contribution is -0.184. The van der Waals surface area contributed by atoms with Crippen LogP contribution >= 0.6 is 0 Å². The molecule has 5 aliphatic carbocycles. The molecular weight excluding hydrogens is 462 g/mol. The van der Waals surface area contributed by atoms with E-state index >= 15 is 0 Å². The first-order valence-corrected chi connectivity index (χ1v) is 14.4. The first kappa shape index (κ1) is 25.2. The number of carbonyl (C=O) groups excluding carboxylic acids is 1. The molecule has 0 unspecified atom stereocenters. The number of fused-ring (bicyclic) bond motifs is 7. The number of allylic oxidation sites excluding steroid dienone is 7. The normalized spacial score (nSPS) is 45.7. The van der Waals surface area contributed by atoms with Crippen LogP contribution < -0.4 is 0 Å². The average Bonchev–Trinajstić information content (AvgIpc) is 3.40. The summed E-state index contributed by atoms with van der Waals surface area (Å²) in [7, 11) is 0. The van der Waals surface area contributed by atoms with Gasteiger partial charge in [0.05, 0.1) is 0 Å². The SMILES string of the molecule is CC1=C(O)C(=O)C=C2C1=CC=C1[C@@]2(C)CC[C@@]2(C)[C@@H]3C[C@@](C(=O)O)(N4CCCC4)CC[C@]3(C)CC[C@]12C. The summed E-state index contributed by atoms with van der Waals surface area (Å²) in [5, 5.41) is 21.0. The van der Waals surface area contributed by atoms with E-state index < -0.39 is 11.5 Å². The molecule has 0 radical (unpaired) electrons. The van der Waals surface area contributed by atoms with Crippen molar-refractivity contribution in [2.75, 3.05) is 13.1 Å². The summed E-state index contributed by atoms with van der Waals surface area (Å²) in [6.07, 6.45) is 14.9. The van der Waals surface area contributed by atoms with Crippen molar-refractivity contribution in [2.45, 2.75) is 97.9 Å². The molecule has 37 heavy (non-hydrogen) atoms. The number of hydrogen-bond donors (Lipinski definition) is 2. The number of likely N-dealkylation sites (tertiary alicyclic amines) is 1. The minimum atomic E-state index is -0.742. The zero-order chi connectivity index (χ0) is 26.6. The highest BCUT2D eigenvalue weighted by Gasteiger charge is 2.68. The fraction of sp³-hybridized carbons (Fsp3) is 0.688. The summed E-state index contributed by atoms with van der Waals surface area (Å²) in [6, 6.07) is 0. The highest BCUT2D eigenvalue weighted by molar-refractivity contribution is 6.06. The number of rotatable bonds is 2. The first-order valence-electron chi connectivity index (χ1n) is 14.4. The number of carbonyl (C=O) groups is 2. The number of aliphatic carboxylic acids is 1. The van der Waals surface area contributed by atoms with Gasteiger partial charge in [-0.1, -0.05) is 45.4 Å². The smallest absolute Gasteiger partial charge is 0.324 e. The van der Waals surface area contributed by atoms with Gasteiger partial charge in [0.15, 0.2) is 5.76 Å². The Bertz CT molecular complexity index is 1220. The number of aliphatic hydroxyl groups excluding tert-OH is 1. The van der Waals surface area contributed by atoms with Gasteiger partial charge in [0.25, 0.3) is 0 Å². The largest absolute Gasteiger partial charge is 0.504 e. The fourth-order valence-electron chi connectivity index (χ4n) is 10.0. The molecule has 200 valence electrons. The number of aliphatic hydroxyl groups is 1. The van der Waals surface area contributed by atoms with Crippen molar-refractivity contribution >= 4 is 11.8 Å². The van der Waals surface area contributed by atoms with Crippen molar-refractivity contribution in [1.29, 1.82) is 0 Å². The van der Waals surface area contributed by atoms with Gasteiger partial charge in [0.2, 0.25) is 5.78 Å². The van der Waals surface area contributed by atoms with Gasteiger partial charge in [-0.3, -0.25) is 14.5 Å². The fourth-order valence-corrected chi connectivity index (χ4v) is 10.0. The molecule has 1 heterocycles. The van der Waals surface area contributed by atoms with E-state index in [9.17, 15) is 19.8 Å². The van der Waals surface area contributed by atoms with E-state index in [1.807, 2.05) is 6.92 Å². The van der Waals surface area contributed by atoms with Crippen molar-refractivity contribution in [3.05, 3.63) is 46.3 Å².